The number of nitrogens with one attached hydrogen (secondary N) is 6. The number of hydrogen-bond donors (Lipinski definition) is 10. The van der Waals surface area contributed by atoms with Crippen molar-refractivity contribution >= 4 is 75.6 Å². The number of aromatic nitrogens is 2. The number of cyclic esters (lactones) is 1. The van der Waals surface area contributed by atoms with Crippen molar-refractivity contribution in [3.8, 4) is 11.4 Å². The van der Waals surface area contributed by atoms with Gasteiger partial charge in [0.15, 0.2) is 5.60 Å². The lowest BCUT2D eigenvalue weighted by atomic mass is 9.81. The van der Waals surface area contributed by atoms with Crippen LogP contribution in [0.4, 0.5) is 31.0 Å². The fourth-order valence-electron chi connectivity index (χ4n) is 11.7. The normalized spacial score (nSPS) is 16.8. The van der Waals surface area contributed by atoms with Crippen LogP contribution in [-0.4, -0.2) is 158 Å². The number of likely N-dealkylation sites (tertiary alicyclic amines) is 1. The van der Waals surface area contributed by atoms with Crippen LogP contribution in [0.1, 0.15) is 108 Å². The van der Waals surface area contributed by atoms with Crippen molar-refractivity contribution < 1.29 is 76.3 Å². The van der Waals surface area contributed by atoms with E-state index < -0.39 is 76.8 Å². The van der Waals surface area contributed by atoms with Gasteiger partial charge in [-0.2, -0.15) is 0 Å². The molecule has 9 rings (SSSR count). The van der Waals surface area contributed by atoms with Gasteiger partial charge >= 0.3 is 18.1 Å². The maximum Gasteiger partial charge on any atom is 0.410 e. The third kappa shape index (κ3) is 16.2. The number of nitrogens with two attached hydrogens (primary N) is 3. The van der Waals surface area contributed by atoms with Crippen molar-refractivity contribution in [1.29, 1.82) is 0 Å². The van der Waals surface area contributed by atoms with E-state index in [4.69, 9.17) is 50.6 Å². The number of hydrogen-bond acceptors (Lipinski definition) is 19. The average molecular weight is 1310 g/mol. The minimum atomic E-state index is -2.05. The summed E-state index contributed by atoms with van der Waals surface area (Å²) in [6.45, 7) is 9.05. The van der Waals surface area contributed by atoms with Gasteiger partial charge in [0.2, 0.25) is 23.6 Å². The fraction of sp³-hybridized carbons (Fsp3) is 0.477. The van der Waals surface area contributed by atoms with E-state index >= 15 is 4.39 Å². The second-order valence-corrected chi connectivity index (χ2v) is 23.8. The number of carbonyl (C=O) groups is 8. The van der Waals surface area contributed by atoms with Gasteiger partial charge in [0.05, 0.1) is 105 Å². The lowest BCUT2D eigenvalue weighted by Crippen LogP contribution is -2.56. The van der Waals surface area contributed by atoms with Crippen LogP contribution in [0.15, 0.2) is 59.4 Å². The summed E-state index contributed by atoms with van der Waals surface area (Å²) >= 11 is 0. The Morgan fingerprint density at radius 3 is 2.19 bits per heavy atom. The number of aryl methyl sites for hydroxylation is 1. The Balaban J connectivity index is 0.692. The van der Waals surface area contributed by atoms with Crippen LogP contribution in [0.5, 0.6) is 0 Å². The summed E-state index contributed by atoms with van der Waals surface area (Å²) in [5, 5.41) is 28.8. The van der Waals surface area contributed by atoms with Crippen LogP contribution in [0.2, 0.25) is 0 Å². The summed E-state index contributed by atoms with van der Waals surface area (Å²) < 4.78 is 49.9. The predicted octanol–water partition coefficient (Wildman–Crippen LogP) is 2.96. The Kier molecular flexibility index (Phi) is 22.8. The van der Waals surface area contributed by atoms with Crippen LogP contribution in [-0.2, 0) is 84.2 Å². The standard InChI is InChI=1S/C65H81FN12O16/c1-5-65(88)44-28-51-56-42(32-78(51)61(84)43(44)34-93-62(65)85)54-48(15-13-41-36(4)45(66)29-50(73-56)53(41)54)74-58(81)39-30-77(31-39)64(87)94-33-37-8-11-40(12-9-37)72-59(82)49(7-6-17-71-63(69)86)75-60(83)55(35(2)3)76-52(79)16-19-89-21-23-91-25-26-92-24-22-90-20-18-70-57(80)38-10-14-46(67)47(68)27-38/h8-12,14,27-29,35,39,48-49,55,88H,5-7,13,15-26,30-34,67-68H2,1-4H3,(H,70,80)(H,72,82)(H,74,81)(H,75,83)(H,76,79)(H3,69,71,86)/t48-,49+,55+,65-/m1/s1. The van der Waals surface area contributed by atoms with Crippen LogP contribution >= 0.6 is 0 Å². The molecule has 29 heteroatoms. The maximum atomic E-state index is 15.5. The van der Waals surface area contributed by atoms with Gasteiger partial charge in [0.1, 0.15) is 31.1 Å². The topological polar surface area (TPSA) is 401 Å². The molecule has 0 unspecified atom stereocenters. The van der Waals surface area contributed by atoms with Gasteiger partial charge in [0, 0.05) is 66.4 Å². The fourth-order valence-corrected chi connectivity index (χ4v) is 11.7. The van der Waals surface area contributed by atoms with Gasteiger partial charge in [-0.05, 0) is 104 Å². The van der Waals surface area contributed by atoms with E-state index in [1.165, 1.54) is 21.6 Å². The van der Waals surface area contributed by atoms with Gasteiger partial charge < -0.3 is 92.1 Å². The van der Waals surface area contributed by atoms with E-state index in [0.29, 0.717) is 113 Å². The van der Waals surface area contributed by atoms with Crippen molar-refractivity contribution in [1.82, 2.24) is 41.0 Å². The first-order chi connectivity index (χ1) is 45.1. The molecular weight excluding hydrogens is 1220 g/mol. The van der Waals surface area contributed by atoms with Gasteiger partial charge in [-0.1, -0.05) is 32.9 Å². The first-order valence-corrected chi connectivity index (χ1v) is 31.4. The van der Waals surface area contributed by atoms with Gasteiger partial charge in [0.25, 0.3) is 11.5 Å². The molecule has 13 N–H and O–H groups in total. The molecular formula is C65H81FN12O16. The Morgan fingerprint density at radius 2 is 1.52 bits per heavy atom. The average Bonchev–Trinajstić information content (AvgIpc) is 1.51. The van der Waals surface area contributed by atoms with E-state index in [0.717, 1.165) is 5.56 Å². The number of nitrogens with zero attached hydrogens (tertiary/aromatic N) is 3. The van der Waals surface area contributed by atoms with E-state index in [1.807, 2.05) is 0 Å². The maximum absolute atomic E-state index is 15.5. The number of pyridine rings is 2. The summed E-state index contributed by atoms with van der Waals surface area (Å²) in [7, 11) is 0. The molecule has 5 heterocycles. The minimum absolute atomic E-state index is 0.0411. The number of esters is 1. The highest BCUT2D eigenvalue weighted by Gasteiger charge is 2.46. The van der Waals surface area contributed by atoms with E-state index in [9.17, 15) is 48.3 Å². The van der Waals surface area contributed by atoms with Crippen molar-refractivity contribution in [2.75, 3.05) is 95.8 Å². The van der Waals surface area contributed by atoms with Crippen molar-refractivity contribution in [3.05, 3.63) is 115 Å². The lowest BCUT2D eigenvalue weighted by molar-refractivity contribution is -0.172. The molecule has 5 aromatic rings. The van der Waals surface area contributed by atoms with Crippen LogP contribution in [0, 0.1) is 24.6 Å². The number of ether oxygens (including phenoxy) is 6. The Bertz CT molecular complexity index is 3750. The summed E-state index contributed by atoms with van der Waals surface area (Å²) in [4.78, 5) is 125. The van der Waals surface area contributed by atoms with E-state index in [2.05, 4.69) is 31.9 Å². The molecule has 28 nitrogen and oxygen atoms in total. The first-order valence-electron chi connectivity index (χ1n) is 31.4. The molecule has 3 aliphatic heterocycles. The SMILES string of the molecule is CC[C@]1(O)C(=O)OCc2c1cc1n(c2=O)Cc2c-1nc1cc(F)c(C)c3c1c2[C@H](NC(=O)C1CN(C(=O)OCc2ccc(NC(=O)[C@H](CCCNC(N)=O)NC(=O)[C@@H](NC(=O)CCOCCOCCOCCOCCNC(=O)c4ccc(N)c(N)c4)C(C)C)cc2)C1)CC3. The summed E-state index contributed by atoms with van der Waals surface area (Å²) in [6.07, 6.45) is 0.456. The number of anilines is 3. The highest BCUT2D eigenvalue weighted by atomic mass is 19.1. The van der Waals surface area contributed by atoms with Gasteiger partial charge in [-0.15, -0.1) is 0 Å². The number of benzene rings is 3. The largest absolute Gasteiger partial charge is 0.458 e. The minimum Gasteiger partial charge on any atom is -0.458 e. The molecule has 0 bridgehead atoms. The molecule has 3 aromatic carbocycles. The van der Waals surface area contributed by atoms with E-state index in [-0.39, 0.29) is 120 Å². The smallest absolute Gasteiger partial charge is 0.410 e. The number of amides is 8. The molecule has 0 saturated carbocycles. The lowest BCUT2D eigenvalue weighted by Gasteiger charge is -2.38. The molecule has 504 valence electrons. The molecule has 1 fully saturated rings. The third-order valence-electron chi connectivity index (χ3n) is 17.1. The second kappa shape index (κ2) is 31.1. The predicted molar refractivity (Wildman–Crippen MR) is 340 cm³/mol. The summed E-state index contributed by atoms with van der Waals surface area (Å²) in [6, 6.07) is 10.6. The Labute approximate surface area is 540 Å². The number of rotatable bonds is 31. The molecule has 94 heavy (non-hydrogen) atoms. The van der Waals surface area contributed by atoms with Gasteiger partial charge in [-0.25, -0.2) is 23.8 Å². The molecule has 8 amide bonds. The monoisotopic (exact) mass is 1300 g/mol. The number of urea groups is 1. The molecule has 1 aliphatic carbocycles. The zero-order valence-corrected chi connectivity index (χ0v) is 53.0. The number of carbonyl (C=O) groups excluding carboxylic acids is 8. The highest BCUT2D eigenvalue weighted by Crippen LogP contribution is 2.46. The molecule has 4 aliphatic rings. The molecule has 4 atom stereocenters. The van der Waals surface area contributed by atoms with Crippen LogP contribution in [0.25, 0.3) is 22.3 Å². The zero-order valence-electron chi connectivity index (χ0n) is 53.0. The van der Waals surface area contributed by atoms with Crippen molar-refractivity contribution in [3.63, 3.8) is 0 Å². The second-order valence-electron chi connectivity index (χ2n) is 23.8. The van der Waals surface area contributed by atoms with Crippen molar-refractivity contribution in [2.24, 2.45) is 17.6 Å². The molecule has 2 aromatic heterocycles. The molecule has 0 radical (unpaired) electrons. The van der Waals surface area contributed by atoms with Crippen LogP contribution < -0.4 is 54.7 Å². The molecule has 0 spiro atoms. The highest BCUT2D eigenvalue weighted by molar-refractivity contribution is 5.99. The number of aliphatic hydroxyl groups is 1. The van der Waals surface area contributed by atoms with Crippen LogP contribution in [0.3, 0.4) is 0 Å². The molecule has 1 saturated heterocycles. The third-order valence-corrected chi connectivity index (χ3v) is 17.1. The number of halogens is 1. The quantitative estimate of drug-likeness (QED) is 0.0170. The summed E-state index contributed by atoms with van der Waals surface area (Å²) in [5.41, 5.74) is 20.2. The van der Waals surface area contributed by atoms with Gasteiger partial charge in [-0.3, -0.25) is 28.8 Å². The number of fused-ring (bicyclic) bond motifs is 5. The number of nitrogen functional groups attached to an aromatic ring is 2. The Hall–Kier alpha value is -9.29. The zero-order chi connectivity index (χ0) is 67.4. The Morgan fingerprint density at radius 1 is 0.830 bits per heavy atom. The first kappa shape index (κ1) is 69.1. The van der Waals surface area contributed by atoms with Crippen molar-refractivity contribution in [2.45, 2.75) is 110 Å². The van der Waals surface area contributed by atoms with E-state index in [1.54, 1.807) is 70.2 Å². The number of primary amides is 1. The summed E-state index contributed by atoms with van der Waals surface area (Å²) in [5.74, 6) is -4.50.